The van der Waals surface area contributed by atoms with Gasteiger partial charge in [0, 0.05) is 25.2 Å². The minimum absolute atomic E-state index is 0.383. The van der Waals surface area contributed by atoms with E-state index in [9.17, 15) is 10.2 Å². The second-order valence-corrected chi connectivity index (χ2v) is 4.83. The van der Waals surface area contributed by atoms with Gasteiger partial charge in [0.1, 0.15) is 4.99 Å². The van der Waals surface area contributed by atoms with Crippen LogP contribution in [0.25, 0.3) is 0 Å². The Morgan fingerprint density at radius 2 is 2.00 bits per heavy atom. The van der Waals surface area contributed by atoms with Crippen molar-refractivity contribution in [2.24, 2.45) is 5.73 Å². The lowest BCUT2D eigenvalue weighted by molar-refractivity contribution is 0.0572. The van der Waals surface area contributed by atoms with Gasteiger partial charge in [0.2, 0.25) is 0 Å². The smallest absolute Gasteiger partial charge is 0.103 e. The fourth-order valence-electron chi connectivity index (χ4n) is 2.06. The lowest BCUT2D eigenvalue weighted by Crippen LogP contribution is -2.22. The van der Waals surface area contributed by atoms with Gasteiger partial charge in [-0.25, -0.2) is 0 Å². The summed E-state index contributed by atoms with van der Waals surface area (Å²) in [6.45, 7) is 1.68. The summed E-state index contributed by atoms with van der Waals surface area (Å²) in [5.41, 5.74) is 7.50. The second kappa shape index (κ2) is 5.10. The summed E-state index contributed by atoms with van der Waals surface area (Å²) in [4.78, 5) is 2.39. The number of hydrogen-bond donors (Lipinski definition) is 3. The molecule has 1 saturated heterocycles. The Morgan fingerprint density at radius 3 is 2.59 bits per heavy atom. The molecule has 2 unspecified atom stereocenters. The van der Waals surface area contributed by atoms with Crippen molar-refractivity contribution in [2.75, 3.05) is 13.1 Å². The van der Waals surface area contributed by atoms with Crippen molar-refractivity contribution >= 4 is 17.2 Å². The van der Waals surface area contributed by atoms with Gasteiger partial charge in [0.05, 0.1) is 12.2 Å². The highest BCUT2D eigenvalue weighted by atomic mass is 32.1. The summed E-state index contributed by atoms with van der Waals surface area (Å²) in [5, 5.41) is 18.9. The van der Waals surface area contributed by atoms with Crippen LogP contribution in [0.3, 0.4) is 0 Å². The first-order chi connectivity index (χ1) is 8.06. The van der Waals surface area contributed by atoms with Crippen molar-refractivity contribution in [3.63, 3.8) is 0 Å². The van der Waals surface area contributed by atoms with Crippen molar-refractivity contribution in [1.82, 2.24) is 4.90 Å². The zero-order valence-corrected chi connectivity index (χ0v) is 10.2. The molecule has 1 aliphatic rings. The van der Waals surface area contributed by atoms with Gasteiger partial charge in [0.25, 0.3) is 0 Å². The number of rotatable bonds is 3. The zero-order chi connectivity index (χ0) is 12.4. The number of thiocarbonyl (C=S) groups is 1. The summed E-state index contributed by atoms with van der Waals surface area (Å²) in [6, 6.07) is 7.71. The summed E-state index contributed by atoms with van der Waals surface area (Å²) >= 11 is 4.93. The molecule has 1 aromatic rings. The number of aliphatic hydroxyl groups excluding tert-OH is 2. The van der Waals surface area contributed by atoms with Gasteiger partial charge in [-0.3, -0.25) is 4.90 Å². The molecule has 0 radical (unpaired) electrons. The SMILES string of the molecule is NC(=S)c1cccc(CN2CC(O)C(O)C2)c1. The number of β-amino-alcohol motifs (C(OH)–C–C–N with tert-alkyl or cyclic N) is 2. The van der Waals surface area contributed by atoms with Gasteiger partial charge in [-0.05, 0) is 11.6 Å². The Balaban J connectivity index is 2.04. The third-order valence-electron chi connectivity index (χ3n) is 2.95. The van der Waals surface area contributed by atoms with Crippen LogP contribution in [0.4, 0.5) is 0 Å². The molecule has 4 nitrogen and oxygen atoms in total. The Morgan fingerprint density at radius 1 is 1.35 bits per heavy atom. The normalized spacial score (nSPS) is 25.1. The lowest BCUT2D eigenvalue weighted by Gasteiger charge is -2.15. The molecule has 0 aliphatic carbocycles. The maximum absolute atomic E-state index is 9.46. The van der Waals surface area contributed by atoms with E-state index in [1.807, 2.05) is 29.2 Å². The summed E-state index contributed by atoms with van der Waals surface area (Å²) in [5.74, 6) is 0. The topological polar surface area (TPSA) is 69.7 Å². The Kier molecular flexibility index (Phi) is 3.73. The molecule has 0 saturated carbocycles. The molecule has 0 amide bonds. The molecule has 2 atom stereocenters. The van der Waals surface area contributed by atoms with Gasteiger partial charge < -0.3 is 15.9 Å². The highest BCUT2D eigenvalue weighted by Crippen LogP contribution is 2.15. The molecule has 1 heterocycles. The van der Waals surface area contributed by atoms with Crippen LogP contribution >= 0.6 is 12.2 Å². The average Bonchev–Trinajstić information content (AvgIpc) is 2.58. The van der Waals surface area contributed by atoms with Crippen LogP contribution in [0, 0.1) is 0 Å². The fraction of sp³-hybridized carbons (Fsp3) is 0.417. The zero-order valence-electron chi connectivity index (χ0n) is 9.41. The minimum atomic E-state index is -0.645. The summed E-state index contributed by atoms with van der Waals surface area (Å²) in [7, 11) is 0. The van der Waals surface area contributed by atoms with E-state index < -0.39 is 12.2 Å². The second-order valence-electron chi connectivity index (χ2n) is 4.39. The van der Waals surface area contributed by atoms with Crippen LogP contribution in [0.5, 0.6) is 0 Å². The third kappa shape index (κ3) is 3.01. The molecule has 2 rings (SSSR count). The number of aliphatic hydroxyl groups is 2. The highest BCUT2D eigenvalue weighted by molar-refractivity contribution is 7.80. The average molecular weight is 252 g/mol. The molecule has 0 aromatic heterocycles. The van der Waals surface area contributed by atoms with Crippen LogP contribution in [0.15, 0.2) is 24.3 Å². The molecule has 92 valence electrons. The van der Waals surface area contributed by atoms with Crippen LogP contribution in [-0.4, -0.2) is 45.4 Å². The number of nitrogens with two attached hydrogens (primary N) is 1. The third-order valence-corrected chi connectivity index (χ3v) is 3.19. The molecule has 1 aromatic carbocycles. The van der Waals surface area contributed by atoms with E-state index in [2.05, 4.69) is 0 Å². The predicted molar refractivity (Wildman–Crippen MR) is 69.6 cm³/mol. The molecule has 1 fully saturated rings. The monoisotopic (exact) mass is 252 g/mol. The molecule has 4 N–H and O–H groups in total. The van der Waals surface area contributed by atoms with E-state index in [1.54, 1.807) is 0 Å². The molecule has 0 bridgehead atoms. The van der Waals surface area contributed by atoms with Gasteiger partial charge >= 0.3 is 0 Å². The van der Waals surface area contributed by atoms with Crippen LogP contribution in [0.1, 0.15) is 11.1 Å². The van der Waals surface area contributed by atoms with E-state index in [-0.39, 0.29) is 0 Å². The molecule has 17 heavy (non-hydrogen) atoms. The first-order valence-corrected chi connectivity index (χ1v) is 5.94. The number of nitrogens with zero attached hydrogens (tertiary/aromatic N) is 1. The van der Waals surface area contributed by atoms with E-state index in [0.29, 0.717) is 24.6 Å². The van der Waals surface area contributed by atoms with Gasteiger partial charge in [-0.15, -0.1) is 0 Å². The summed E-state index contributed by atoms with van der Waals surface area (Å²) < 4.78 is 0. The van der Waals surface area contributed by atoms with Crippen molar-refractivity contribution in [2.45, 2.75) is 18.8 Å². The quantitative estimate of drug-likeness (QED) is 0.653. The van der Waals surface area contributed by atoms with Crippen molar-refractivity contribution in [3.8, 4) is 0 Å². The van der Waals surface area contributed by atoms with Crippen LogP contribution < -0.4 is 5.73 Å². The van der Waals surface area contributed by atoms with E-state index >= 15 is 0 Å². The molecular formula is C12H16N2O2S. The van der Waals surface area contributed by atoms with E-state index in [1.165, 1.54) is 0 Å². The lowest BCUT2D eigenvalue weighted by atomic mass is 10.1. The Bertz CT molecular complexity index is 415. The predicted octanol–water partition coefficient (Wildman–Crippen LogP) is -0.142. The molecule has 0 spiro atoms. The van der Waals surface area contributed by atoms with Crippen molar-refractivity contribution in [3.05, 3.63) is 35.4 Å². The van der Waals surface area contributed by atoms with Gasteiger partial charge in [-0.1, -0.05) is 30.4 Å². The summed E-state index contributed by atoms with van der Waals surface area (Å²) in [6.07, 6.45) is -1.29. The minimum Gasteiger partial charge on any atom is -0.389 e. The molecule has 1 aliphatic heterocycles. The largest absolute Gasteiger partial charge is 0.389 e. The van der Waals surface area contributed by atoms with Crippen LogP contribution in [-0.2, 0) is 6.54 Å². The maximum atomic E-state index is 9.46. The maximum Gasteiger partial charge on any atom is 0.103 e. The van der Waals surface area contributed by atoms with Gasteiger partial charge in [-0.2, -0.15) is 0 Å². The standard InChI is InChI=1S/C12H16N2O2S/c13-12(17)9-3-1-2-8(4-9)5-14-6-10(15)11(16)7-14/h1-4,10-11,15-16H,5-7H2,(H2,13,17). The Hall–Kier alpha value is -1.01. The van der Waals surface area contributed by atoms with E-state index in [4.69, 9.17) is 18.0 Å². The van der Waals surface area contributed by atoms with Crippen molar-refractivity contribution < 1.29 is 10.2 Å². The molecular weight excluding hydrogens is 236 g/mol. The molecule has 5 heteroatoms. The number of benzene rings is 1. The Labute approximate surface area is 106 Å². The van der Waals surface area contributed by atoms with Gasteiger partial charge in [0.15, 0.2) is 0 Å². The first-order valence-electron chi connectivity index (χ1n) is 5.53. The fourth-order valence-corrected chi connectivity index (χ4v) is 2.18. The number of likely N-dealkylation sites (tertiary alicyclic amines) is 1. The van der Waals surface area contributed by atoms with E-state index in [0.717, 1.165) is 11.1 Å². The van der Waals surface area contributed by atoms with Crippen molar-refractivity contribution in [1.29, 1.82) is 0 Å². The first kappa shape index (κ1) is 12.4. The number of hydrogen-bond acceptors (Lipinski definition) is 4. The van der Waals surface area contributed by atoms with Crippen LogP contribution in [0.2, 0.25) is 0 Å². The highest BCUT2D eigenvalue weighted by Gasteiger charge is 2.29.